The second-order valence-corrected chi connectivity index (χ2v) is 10.9. The normalized spacial score (nSPS) is 30.7. The molecule has 188 valence electrons. The molecule has 5 atom stereocenters. The molecule has 8 nitrogen and oxygen atoms in total. The van der Waals surface area contributed by atoms with Crippen LogP contribution in [-0.4, -0.2) is 54.6 Å². The Hall–Kier alpha value is -2.97. The largest absolute Gasteiger partial charge is 0.508 e. The first-order chi connectivity index (χ1) is 16.3. The van der Waals surface area contributed by atoms with Crippen LogP contribution in [0.4, 0.5) is 0 Å². The van der Waals surface area contributed by atoms with E-state index in [0.717, 1.165) is 6.42 Å². The highest BCUT2D eigenvalue weighted by Crippen LogP contribution is 2.55. The molecular weight excluding hydrogens is 452 g/mol. The zero-order valence-electron chi connectivity index (χ0n) is 20.3. The maximum absolute atomic E-state index is 13.7. The van der Waals surface area contributed by atoms with E-state index in [1.54, 1.807) is 19.1 Å². The van der Waals surface area contributed by atoms with Gasteiger partial charge in [-0.3, -0.25) is 14.4 Å². The third-order valence-corrected chi connectivity index (χ3v) is 7.96. The Bertz CT molecular complexity index is 1190. The molecule has 4 rings (SSSR count). The second kappa shape index (κ2) is 8.31. The molecule has 35 heavy (non-hydrogen) atoms. The van der Waals surface area contributed by atoms with Crippen LogP contribution in [0.25, 0.3) is 5.76 Å². The van der Waals surface area contributed by atoms with Crippen LogP contribution < -0.4 is 0 Å². The number of benzene rings is 1. The third-order valence-electron chi connectivity index (χ3n) is 7.96. The average Bonchev–Trinajstić information content (AvgIpc) is 2.76. The molecule has 0 aliphatic heterocycles. The summed E-state index contributed by atoms with van der Waals surface area (Å²) in [6.07, 6.45) is -0.573. The number of Topliss-reactive ketones (excluding diaryl/α,β-unsaturated/α-hetero) is 3. The molecule has 0 saturated heterocycles. The maximum atomic E-state index is 13.7. The molecule has 0 aromatic heterocycles. The Kier molecular flexibility index (Phi) is 5.97. The van der Waals surface area contributed by atoms with Gasteiger partial charge in [-0.05, 0) is 29.4 Å². The van der Waals surface area contributed by atoms with E-state index < -0.39 is 75.7 Å². The number of carbonyl (C=O) groups excluding carboxylic acids is 3. The van der Waals surface area contributed by atoms with Crippen molar-refractivity contribution >= 4 is 23.1 Å². The van der Waals surface area contributed by atoms with Crippen molar-refractivity contribution < 1.29 is 39.9 Å². The van der Waals surface area contributed by atoms with Gasteiger partial charge in [-0.25, -0.2) is 0 Å². The minimum Gasteiger partial charge on any atom is -0.508 e. The molecule has 1 fully saturated rings. The lowest BCUT2D eigenvalue weighted by Crippen LogP contribution is -2.63. The summed E-state index contributed by atoms with van der Waals surface area (Å²) in [6.45, 7) is 7.38. The molecule has 0 heterocycles. The minimum atomic E-state index is -2.76. The Labute approximate surface area is 203 Å². The molecule has 3 aliphatic rings. The van der Waals surface area contributed by atoms with Crippen molar-refractivity contribution in [3.63, 3.8) is 0 Å². The Balaban J connectivity index is 1.88. The molecule has 1 aromatic carbocycles. The number of aromatic hydroxyl groups is 1. The molecule has 0 spiro atoms. The van der Waals surface area contributed by atoms with Gasteiger partial charge in [-0.1, -0.05) is 46.2 Å². The number of aliphatic hydroxyl groups excluding tert-OH is 3. The lowest BCUT2D eigenvalue weighted by atomic mass is 9.55. The number of fused-ring (bicyclic) bond motifs is 3. The first-order valence-electron chi connectivity index (χ1n) is 12.0. The number of ketones is 3. The lowest BCUT2D eigenvalue weighted by molar-refractivity contribution is -0.160. The number of allylic oxidation sites excluding steroid dienone is 1. The van der Waals surface area contributed by atoms with Gasteiger partial charge in [-0.15, -0.1) is 0 Å². The van der Waals surface area contributed by atoms with Crippen molar-refractivity contribution in [3.8, 4) is 5.75 Å². The van der Waals surface area contributed by atoms with E-state index in [4.69, 9.17) is 0 Å². The van der Waals surface area contributed by atoms with Crippen LogP contribution in [0.5, 0.6) is 5.75 Å². The molecular formula is C27H32O8. The van der Waals surface area contributed by atoms with E-state index in [2.05, 4.69) is 0 Å². The highest BCUT2D eigenvalue weighted by Gasteiger charge is 2.64. The molecule has 8 heteroatoms. The second-order valence-electron chi connectivity index (χ2n) is 10.9. The van der Waals surface area contributed by atoms with Crippen LogP contribution in [0.1, 0.15) is 70.4 Å². The van der Waals surface area contributed by atoms with E-state index >= 15 is 0 Å². The number of aliphatic hydroxyl groups is 4. The van der Waals surface area contributed by atoms with Crippen LogP contribution in [0.15, 0.2) is 35.1 Å². The summed E-state index contributed by atoms with van der Waals surface area (Å²) in [5.74, 6) is -7.38. The molecule has 0 bridgehead atoms. The Morgan fingerprint density at radius 3 is 2.46 bits per heavy atom. The van der Waals surface area contributed by atoms with Gasteiger partial charge < -0.3 is 25.5 Å². The van der Waals surface area contributed by atoms with Gasteiger partial charge in [0.05, 0.1) is 11.7 Å². The number of hydrogen-bond acceptors (Lipinski definition) is 8. The zero-order valence-corrected chi connectivity index (χ0v) is 20.3. The van der Waals surface area contributed by atoms with Crippen molar-refractivity contribution in [3.05, 3.63) is 46.2 Å². The smallest absolute Gasteiger partial charge is 0.202 e. The lowest BCUT2D eigenvalue weighted by Gasteiger charge is -2.50. The topological polar surface area (TPSA) is 152 Å². The van der Waals surface area contributed by atoms with Crippen LogP contribution in [0, 0.1) is 17.3 Å². The standard InChI is InChI=1S/C27H32O8/c1-5-9-26(3,4)11-17(30)20-16(29)10-14-22(31)18-12(2)13-7-6-8-15(28)19(13)23(32)21(18)25(34)27(14,35)24(20)33/h6-8,12,14,18,22,28,31-33,35H,5,9-11H2,1-4H3/t12-,14+,18+,22+,27+/m0/s1. The fraction of sp³-hybridized carbons (Fsp3) is 0.519. The van der Waals surface area contributed by atoms with Crippen molar-refractivity contribution in [1.29, 1.82) is 0 Å². The minimum absolute atomic E-state index is 0.0156. The number of phenols is 1. The monoisotopic (exact) mass is 484 g/mol. The molecule has 3 aliphatic carbocycles. The Morgan fingerprint density at radius 2 is 1.83 bits per heavy atom. The summed E-state index contributed by atoms with van der Waals surface area (Å²) < 4.78 is 0. The predicted octanol–water partition coefficient (Wildman–Crippen LogP) is 3.26. The fourth-order valence-corrected chi connectivity index (χ4v) is 6.28. The van der Waals surface area contributed by atoms with Crippen molar-refractivity contribution in [2.45, 2.75) is 71.0 Å². The summed E-state index contributed by atoms with van der Waals surface area (Å²) >= 11 is 0. The van der Waals surface area contributed by atoms with E-state index in [1.165, 1.54) is 6.07 Å². The van der Waals surface area contributed by atoms with Crippen LogP contribution >= 0.6 is 0 Å². The van der Waals surface area contributed by atoms with Gasteiger partial charge in [-0.2, -0.15) is 0 Å². The van der Waals surface area contributed by atoms with Crippen molar-refractivity contribution in [2.24, 2.45) is 17.3 Å². The van der Waals surface area contributed by atoms with Crippen molar-refractivity contribution in [1.82, 2.24) is 0 Å². The van der Waals surface area contributed by atoms with Gasteiger partial charge in [0, 0.05) is 30.3 Å². The number of carbonyl (C=O) groups is 3. The van der Waals surface area contributed by atoms with Gasteiger partial charge in [0.2, 0.25) is 5.78 Å². The number of rotatable bonds is 5. The molecule has 5 N–H and O–H groups in total. The van der Waals surface area contributed by atoms with Crippen LogP contribution in [-0.2, 0) is 14.4 Å². The SMILES string of the molecule is CCCC(C)(C)CC(=O)C1=C(O)[C@@]2(O)C(=O)C3=C(O)c4c(O)cccc4[C@H](C)[C@H]3[C@H](O)[C@H]2CC1=O. The molecule has 1 aromatic rings. The molecule has 0 unspecified atom stereocenters. The van der Waals surface area contributed by atoms with Crippen molar-refractivity contribution in [2.75, 3.05) is 0 Å². The summed E-state index contributed by atoms with van der Waals surface area (Å²) in [5.41, 5.74) is -3.67. The van der Waals surface area contributed by atoms with E-state index in [9.17, 15) is 39.9 Å². The average molecular weight is 485 g/mol. The van der Waals surface area contributed by atoms with Gasteiger partial charge in [0.15, 0.2) is 17.2 Å². The summed E-state index contributed by atoms with van der Waals surface area (Å²) in [6, 6.07) is 4.57. The first kappa shape index (κ1) is 25.1. The highest BCUT2D eigenvalue weighted by atomic mass is 16.4. The van der Waals surface area contributed by atoms with E-state index in [-0.39, 0.29) is 23.3 Å². The first-order valence-corrected chi connectivity index (χ1v) is 12.0. The van der Waals surface area contributed by atoms with E-state index in [1.807, 2.05) is 20.8 Å². The fourth-order valence-electron chi connectivity index (χ4n) is 6.28. The quantitative estimate of drug-likeness (QED) is 0.399. The summed E-state index contributed by atoms with van der Waals surface area (Å²) in [7, 11) is 0. The van der Waals surface area contributed by atoms with Gasteiger partial charge in [0.1, 0.15) is 22.8 Å². The van der Waals surface area contributed by atoms with E-state index in [0.29, 0.717) is 12.0 Å². The molecule has 0 radical (unpaired) electrons. The predicted molar refractivity (Wildman–Crippen MR) is 127 cm³/mol. The van der Waals surface area contributed by atoms with Crippen LogP contribution in [0.3, 0.4) is 0 Å². The summed E-state index contributed by atoms with van der Waals surface area (Å²) in [4.78, 5) is 39.9. The number of phenolic OH excluding ortho intramolecular Hbond substituents is 1. The van der Waals surface area contributed by atoms with Crippen LogP contribution in [0.2, 0.25) is 0 Å². The third kappa shape index (κ3) is 3.53. The molecule has 1 saturated carbocycles. The molecule has 0 amide bonds. The summed E-state index contributed by atoms with van der Waals surface area (Å²) in [5, 5.41) is 55.3. The maximum Gasteiger partial charge on any atom is 0.202 e. The highest BCUT2D eigenvalue weighted by molar-refractivity contribution is 6.24. The number of hydrogen-bond donors (Lipinski definition) is 5. The van der Waals surface area contributed by atoms with Gasteiger partial charge >= 0.3 is 0 Å². The van der Waals surface area contributed by atoms with Gasteiger partial charge in [0.25, 0.3) is 0 Å². The Morgan fingerprint density at radius 1 is 1.17 bits per heavy atom. The zero-order chi connectivity index (χ0) is 26.0.